The van der Waals surface area contributed by atoms with Crippen molar-refractivity contribution in [2.24, 2.45) is 7.05 Å². The largest absolute Gasteiger partial charge is 0.355 e. The monoisotopic (exact) mass is 367 g/mol. The summed E-state index contributed by atoms with van der Waals surface area (Å²) in [5.41, 5.74) is 2.17. The lowest BCUT2D eigenvalue weighted by Gasteiger charge is -2.12. The van der Waals surface area contributed by atoms with Gasteiger partial charge in [0.15, 0.2) is 11.0 Å². The van der Waals surface area contributed by atoms with Gasteiger partial charge < -0.3 is 9.88 Å². The third-order valence-electron chi connectivity index (χ3n) is 4.08. The van der Waals surface area contributed by atoms with Crippen molar-refractivity contribution in [2.45, 2.75) is 18.0 Å². The van der Waals surface area contributed by atoms with E-state index in [0.29, 0.717) is 17.5 Å². The standard InChI is InChI=1S/C19H21N5OS/c1-14(15-6-4-3-5-7-15)12-21-17(25)13-26-19-23-22-18(24(19)2)16-8-10-20-11-9-16/h3-11,14H,12-13H2,1-2H3,(H,21,25)/t14-/m1/s1. The summed E-state index contributed by atoms with van der Waals surface area (Å²) in [4.78, 5) is 16.2. The number of hydrogen-bond donors (Lipinski definition) is 1. The van der Waals surface area contributed by atoms with Gasteiger partial charge in [-0.05, 0) is 23.6 Å². The molecule has 0 saturated heterocycles. The number of nitrogens with zero attached hydrogens (tertiary/aromatic N) is 4. The molecule has 2 heterocycles. The van der Waals surface area contributed by atoms with Gasteiger partial charge in [-0.15, -0.1) is 10.2 Å². The molecule has 0 aliphatic rings. The molecule has 0 aliphatic carbocycles. The van der Waals surface area contributed by atoms with Crippen LogP contribution in [0.25, 0.3) is 11.4 Å². The van der Waals surface area contributed by atoms with E-state index in [-0.39, 0.29) is 11.8 Å². The van der Waals surface area contributed by atoms with Crippen LogP contribution in [0.15, 0.2) is 60.0 Å². The minimum Gasteiger partial charge on any atom is -0.355 e. The van der Waals surface area contributed by atoms with Crippen molar-refractivity contribution in [3.05, 3.63) is 60.4 Å². The lowest BCUT2D eigenvalue weighted by molar-refractivity contribution is -0.118. The molecule has 0 aliphatic heterocycles. The maximum absolute atomic E-state index is 12.1. The Balaban J connectivity index is 1.51. The van der Waals surface area contributed by atoms with Crippen LogP contribution in [0.1, 0.15) is 18.4 Å². The van der Waals surface area contributed by atoms with Crippen molar-refractivity contribution >= 4 is 17.7 Å². The molecule has 1 atom stereocenters. The first-order valence-corrected chi connectivity index (χ1v) is 9.38. The zero-order valence-electron chi connectivity index (χ0n) is 14.8. The van der Waals surface area contributed by atoms with Crippen LogP contribution in [0.5, 0.6) is 0 Å². The van der Waals surface area contributed by atoms with Crippen LogP contribution in [0.4, 0.5) is 0 Å². The SMILES string of the molecule is C[C@H](CNC(=O)CSc1nnc(-c2ccncc2)n1C)c1ccccc1. The summed E-state index contributed by atoms with van der Waals surface area (Å²) in [6.45, 7) is 2.72. The normalized spacial score (nSPS) is 11.9. The average molecular weight is 367 g/mol. The smallest absolute Gasteiger partial charge is 0.230 e. The fourth-order valence-electron chi connectivity index (χ4n) is 2.54. The maximum Gasteiger partial charge on any atom is 0.230 e. The summed E-state index contributed by atoms with van der Waals surface area (Å²) in [6, 6.07) is 13.9. The molecule has 1 aromatic carbocycles. The highest BCUT2D eigenvalue weighted by molar-refractivity contribution is 7.99. The molecule has 0 saturated carbocycles. The van der Waals surface area contributed by atoms with Crippen molar-refractivity contribution in [3.63, 3.8) is 0 Å². The summed E-state index contributed by atoms with van der Waals surface area (Å²) >= 11 is 1.38. The van der Waals surface area contributed by atoms with Crippen molar-refractivity contribution in [1.29, 1.82) is 0 Å². The Labute approximate surface area is 157 Å². The quantitative estimate of drug-likeness (QED) is 0.650. The molecule has 134 valence electrons. The second kappa shape index (κ2) is 8.62. The first-order chi connectivity index (χ1) is 12.6. The molecule has 0 bridgehead atoms. The summed E-state index contributed by atoms with van der Waals surface area (Å²) < 4.78 is 1.89. The van der Waals surface area contributed by atoms with Gasteiger partial charge in [-0.2, -0.15) is 0 Å². The van der Waals surface area contributed by atoms with Gasteiger partial charge in [0, 0.05) is 31.5 Å². The number of benzene rings is 1. The van der Waals surface area contributed by atoms with E-state index in [9.17, 15) is 4.79 Å². The minimum atomic E-state index is -0.00811. The van der Waals surface area contributed by atoms with Gasteiger partial charge in [-0.3, -0.25) is 9.78 Å². The van der Waals surface area contributed by atoms with Crippen molar-refractivity contribution in [3.8, 4) is 11.4 Å². The predicted molar refractivity (Wildman–Crippen MR) is 103 cm³/mol. The second-order valence-electron chi connectivity index (χ2n) is 6.01. The number of carbonyl (C=O) groups is 1. The van der Waals surface area contributed by atoms with Gasteiger partial charge in [0.1, 0.15) is 0 Å². The lowest BCUT2D eigenvalue weighted by atomic mass is 10.0. The Morgan fingerprint density at radius 3 is 2.62 bits per heavy atom. The van der Waals surface area contributed by atoms with E-state index in [1.54, 1.807) is 12.4 Å². The van der Waals surface area contributed by atoms with Crippen LogP contribution in [0.3, 0.4) is 0 Å². The number of nitrogens with one attached hydrogen (secondary N) is 1. The van der Waals surface area contributed by atoms with Crippen LogP contribution >= 0.6 is 11.8 Å². The number of pyridine rings is 1. The van der Waals surface area contributed by atoms with Gasteiger partial charge in [-0.25, -0.2) is 0 Å². The summed E-state index contributed by atoms with van der Waals surface area (Å²) in [6.07, 6.45) is 3.44. The van der Waals surface area contributed by atoms with E-state index in [0.717, 1.165) is 11.4 Å². The third-order valence-corrected chi connectivity index (χ3v) is 5.10. The van der Waals surface area contributed by atoms with Crippen LogP contribution in [0, 0.1) is 0 Å². The van der Waals surface area contributed by atoms with E-state index in [1.807, 2.05) is 41.9 Å². The second-order valence-corrected chi connectivity index (χ2v) is 6.95. The van der Waals surface area contributed by atoms with Crippen LogP contribution in [0.2, 0.25) is 0 Å². The van der Waals surface area contributed by atoms with Crippen LogP contribution in [-0.4, -0.2) is 38.0 Å². The highest BCUT2D eigenvalue weighted by Crippen LogP contribution is 2.22. The molecule has 26 heavy (non-hydrogen) atoms. The number of aromatic nitrogens is 4. The Hall–Kier alpha value is -2.67. The molecule has 7 heteroatoms. The molecular formula is C19H21N5OS. The molecule has 6 nitrogen and oxygen atoms in total. The maximum atomic E-state index is 12.1. The van der Waals surface area contributed by atoms with E-state index < -0.39 is 0 Å². The van der Waals surface area contributed by atoms with E-state index >= 15 is 0 Å². The highest BCUT2D eigenvalue weighted by Gasteiger charge is 2.13. The average Bonchev–Trinajstić information content (AvgIpc) is 3.06. The molecule has 1 amide bonds. The van der Waals surface area contributed by atoms with E-state index in [4.69, 9.17) is 0 Å². The Morgan fingerprint density at radius 2 is 1.88 bits per heavy atom. The summed E-state index contributed by atoms with van der Waals surface area (Å²) in [5.74, 6) is 1.33. The molecule has 0 unspecified atom stereocenters. The fraction of sp³-hybridized carbons (Fsp3) is 0.263. The lowest BCUT2D eigenvalue weighted by Crippen LogP contribution is -2.29. The number of amides is 1. The number of rotatable bonds is 7. The van der Waals surface area contributed by atoms with E-state index in [1.165, 1.54) is 17.3 Å². The zero-order chi connectivity index (χ0) is 18.4. The molecule has 3 rings (SSSR count). The molecule has 0 fully saturated rings. The molecule has 0 spiro atoms. The third kappa shape index (κ3) is 4.49. The minimum absolute atomic E-state index is 0.00811. The zero-order valence-corrected chi connectivity index (χ0v) is 15.6. The topological polar surface area (TPSA) is 72.7 Å². The van der Waals surface area contributed by atoms with Gasteiger partial charge in [-0.1, -0.05) is 49.0 Å². The van der Waals surface area contributed by atoms with Gasteiger partial charge in [0.05, 0.1) is 5.75 Å². The highest BCUT2D eigenvalue weighted by atomic mass is 32.2. The molecule has 0 radical (unpaired) electrons. The predicted octanol–water partition coefficient (Wildman–Crippen LogP) is 2.89. The Morgan fingerprint density at radius 1 is 1.15 bits per heavy atom. The number of hydrogen-bond acceptors (Lipinski definition) is 5. The van der Waals surface area contributed by atoms with Gasteiger partial charge in [0.25, 0.3) is 0 Å². The van der Waals surface area contributed by atoms with Gasteiger partial charge >= 0.3 is 0 Å². The van der Waals surface area contributed by atoms with Crippen LogP contribution in [-0.2, 0) is 11.8 Å². The van der Waals surface area contributed by atoms with Crippen LogP contribution < -0.4 is 5.32 Å². The van der Waals surface area contributed by atoms with Crippen molar-refractivity contribution in [1.82, 2.24) is 25.1 Å². The van der Waals surface area contributed by atoms with E-state index in [2.05, 4.69) is 39.6 Å². The van der Waals surface area contributed by atoms with Crippen molar-refractivity contribution < 1.29 is 4.79 Å². The Kier molecular flexibility index (Phi) is 6.01. The number of carbonyl (C=O) groups excluding carboxylic acids is 1. The van der Waals surface area contributed by atoms with Crippen molar-refractivity contribution in [2.75, 3.05) is 12.3 Å². The first-order valence-electron chi connectivity index (χ1n) is 8.39. The fourth-order valence-corrected chi connectivity index (χ4v) is 3.28. The first kappa shape index (κ1) is 18.1. The number of thioether (sulfide) groups is 1. The molecule has 2 aromatic heterocycles. The molecule has 3 aromatic rings. The molecular weight excluding hydrogens is 346 g/mol. The molecule has 1 N–H and O–H groups in total. The van der Waals surface area contributed by atoms with Gasteiger partial charge in [0.2, 0.25) is 5.91 Å². The summed E-state index contributed by atoms with van der Waals surface area (Å²) in [5, 5.41) is 12.1. The summed E-state index contributed by atoms with van der Waals surface area (Å²) in [7, 11) is 1.90. The Bertz CT molecular complexity index is 851.